The van der Waals surface area contributed by atoms with E-state index in [4.69, 9.17) is 14.6 Å². The molecule has 11 heteroatoms. The second kappa shape index (κ2) is 7.78. The zero-order chi connectivity index (χ0) is 21.3. The number of hydrogen-bond acceptors (Lipinski definition) is 6. The molecule has 29 heavy (non-hydrogen) atoms. The molecule has 0 fully saturated rings. The molecule has 0 radical (unpaired) electrons. The van der Waals surface area contributed by atoms with Crippen LogP contribution in [0.1, 0.15) is 5.56 Å². The van der Waals surface area contributed by atoms with E-state index in [0.717, 1.165) is 4.31 Å². The third-order valence-electron chi connectivity index (χ3n) is 4.45. The fourth-order valence-electron chi connectivity index (χ4n) is 2.86. The van der Waals surface area contributed by atoms with Gasteiger partial charge in [0, 0.05) is 30.1 Å². The summed E-state index contributed by atoms with van der Waals surface area (Å²) in [6.07, 6.45) is 0. The average Bonchev–Trinajstić information content (AvgIpc) is 2.68. The van der Waals surface area contributed by atoms with Crippen molar-refractivity contribution in [2.45, 2.75) is 6.54 Å². The number of H-pyrrole nitrogens is 1. The normalized spacial score (nSPS) is 11.8. The first-order chi connectivity index (χ1) is 13.7. The lowest BCUT2D eigenvalue weighted by molar-refractivity contribution is 0.356. The van der Waals surface area contributed by atoms with Gasteiger partial charge in [0.1, 0.15) is 5.82 Å². The predicted octanol–water partition coefficient (Wildman–Crippen LogP) is 1.38. The van der Waals surface area contributed by atoms with Crippen molar-refractivity contribution < 1.29 is 22.3 Å². The Morgan fingerprint density at radius 1 is 1.14 bits per heavy atom. The summed E-state index contributed by atoms with van der Waals surface area (Å²) in [7, 11) is 0.220. The summed E-state index contributed by atoms with van der Waals surface area (Å²) >= 11 is 0. The van der Waals surface area contributed by atoms with Gasteiger partial charge >= 0.3 is 0 Å². The number of ether oxygens (including phenoxy) is 2. The van der Waals surface area contributed by atoms with Crippen molar-refractivity contribution in [3.63, 3.8) is 0 Å². The summed E-state index contributed by atoms with van der Waals surface area (Å²) < 4.78 is 48.6. The molecule has 0 bridgehead atoms. The summed E-state index contributed by atoms with van der Waals surface area (Å²) in [6.45, 7) is -0.226. The summed E-state index contributed by atoms with van der Waals surface area (Å²) in [5, 5.41) is 12.2. The van der Waals surface area contributed by atoms with E-state index in [-0.39, 0.29) is 12.1 Å². The first kappa shape index (κ1) is 20.7. The van der Waals surface area contributed by atoms with Gasteiger partial charge in [-0.15, -0.1) is 0 Å². The van der Waals surface area contributed by atoms with Gasteiger partial charge in [-0.1, -0.05) is 12.1 Å². The molecule has 3 rings (SSSR count). The van der Waals surface area contributed by atoms with Gasteiger partial charge in [0.05, 0.1) is 25.3 Å². The van der Waals surface area contributed by atoms with E-state index in [1.807, 2.05) is 0 Å². The highest BCUT2D eigenvalue weighted by atomic mass is 32.2. The number of nitrogens with zero attached hydrogens (tertiary/aromatic N) is 2. The topological polar surface area (TPSA) is 128 Å². The molecule has 0 spiro atoms. The molecule has 2 aromatic carbocycles. The van der Waals surface area contributed by atoms with E-state index in [1.54, 1.807) is 12.1 Å². The molecule has 3 aromatic rings. The maximum atomic E-state index is 14.6. The Morgan fingerprint density at radius 2 is 1.76 bits per heavy atom. The summed E-state index contributed by atoms with van der Waals surface area (Å²) in [5.41, 5.74) is 0.415. The summed E-state index contributed by atoms with van der Waals surface area (Å²) in [6, 6.07) is 7.33. The molecule has 1 heterocycles. The minimum atomic E-state index is -3.94. The molecule has 0 aliphatic rings. The maximum Gasteiger partial charge on any atom is 0.276 e. The molecule has 0 aliphatic heterocycles. The van der Waals surface area contributed by atoms with E-state index in [9.17, 15) is 17.6 Å². The van der Waals surface area contributed by atoms with Gasteiger partial charge in [-0.05, 0) is 18.2 Å². The van der Waals surface area contributed by atoms with Crippen molar-refractivity contribution in [2.75, 3.05) is 21.3 Å². The van der Waals surface area contributed by atoms with Gasteiger partial charge < -0.3 is 9.47 Å². The molecule has 0 unspecified atom stereocenters. The van der Waals surface area contributed by atoms with Gasteiger partial charge in [0.25, 0.3) is 15.8 Å². The van der Waals surface area contributed by atoms with Crippen LogP contribution < -0.4 is 20.2 Å². The number of aromatic amines is 1. The molecule has 1 aromatic heterocycles. The molecule has 9 nitrogen and oxygen atoms in total. The molecule has 3 N–H and O–H groups in total. The Hall–Kier alpha value is -3.02. The van der Waals surface area contributed by atoms with Crippen LogP contribution in [0.3, 0.4) is 0 Å². The highest BCUT2D eigenvalue weighted by molar-refractivity contribution is 7.86. The molecule has 0 saturated heterocycles. The fourth-order valence-corrected chi connectivity index (χ4v) is 3.18. The molecule has 154 valence electrons. The van der Waals surface area contributed by atoms with Gasteiger partial charge in [-0.2, -0.15) is 17.8 Å². The third-order valence-corrected chi connectivity index (χ3v) is 5.44. The Morgan fingerprint density at radius 3 is 2.31 bits per heavy atom. The molecular weight excluding hydrogens is 403 g/mol. The number of hydrogen-bond donors (Lipinski definition) is 2. The second-order valence-electron chi connectivity index (χ2n) is 6.26. The Balaban J connectivity index is 2.12. The Bertz CT molecular complexity index is 1240. The van der Waals surface area contributed by atoms with Crippen molar-refractivity contribution in [3.8, 4) is 22.8 Å². The van der Waals surface area contributed by atoms with Crippen LogP contribution in [0, 0.1) is 5.82 Å². The quantitative estimate of drug-likeness (QED) is 0.618. The molecule has 0 amide bonds. The lowest BCUT2D eigenvalue weighted by Gasteiger charge is -2.15. The maximum absolute atomic E-state index is 14.6. The van der Waals surface area contributed by atoms with Gasteiger partial charge in [0.2, 0.25) is 0 Å². The van der Waals surface area contributed by atoms with Crippen molar-refractivity contribution >= 4 is 21.0 Å². The van der Waals surface area contributed by atoms with Crippen LogP contribution in [0.15, 0.2) is 35.1 Å². The van der Waals surface area contributed by atoms with Crippen LogP contribution in [0.25, 0.3) is 22.0 Å². The Kier molecular flexibility index (Phi) is 5.55. The average molecular weight is 422 g/mol. The number of fused-ring (bicyclic) bond motifs is 1. The number of nitrogens with two attached hydrogens (primary N) is 1. The number of rotatable bonds is 6. The van der Waals surface area contributed by atoms with Crippen LogP contribution in [0.4, 0.5) is 4.39 Å². The number of methoxy groups -OCH3 is 2. The number of halogens is 1. The standard InChI is InChI=1S/C18H19FN4O5S/c1-23(29(20,25)26)9-11-5-4-10(6-14(11)19)17-12-7-15(27-2)16(28-3)8-13(12)18(24)22-21-17/h4-8H,9H2,1-3H3,(H,22,24)(H2,20,25,26). The highest BCUT2D eigenvalue weighted by Gasteiger charge is 2.17. The van der Waals surface area contributed by atoms with E-state index in [1.165, 1.54) is 39.5 Å². The minimum Gasteiger partial charge on any atom is -0.493 e. The smallest absolute Gasteiger partial charge is 0.276 e. The van der Waals surface area contributed by atoms with Crippen LogP contribution in [0.2, 0.25) is 0 Å². The fraction of sp³-hybridized carbons (Fsp3) is 0.222. The second-order valence-corrected chi connectivity index (χ2v) is 7.91. The van der Waals surface area contributed by atoms with E-state index < -0.39 is 21.6 Å². The number of aromatic nitrogens is 2. The Labute approximate surface area is 166 Å². The van der Waals surface area contributed by atoms with E-state index in [2.05, 4.69) is 10.2 Å². The van der Waals surface area contributed by atoms with E-state index >= 15 is 0 Å². The van der Waals surface area contributed by atoms with Crippen LogP contribution in [-0.2, 0) is 16.8 Å². The van der Waals surface area contributed by atoms with Crippen LogP contribution in [0.5, 0.6) is 11.5 Å². The third kappa shape index (κ3) is 4.06. The zero-order valence-electron chi connectivity index (χ0n) is 15.9. The van der Waals surface area contributed by atoms with Gasteiger partial charge in [-0.3, -0.25) is 4.79 Å². The lowest BCUT2D eigenvalue weighted by atomic mass is 10.0. The summed E-state index contributed by atoms with van der Waals surface area (Å²) in [5.74, 6) is 0.121. The van der Waals surface area contributed by atoms with Gasteiger partial charge in [0.15, 0.2) is 11.5 Å². The molecule has 0 saturated carbocycles. The van der Waals surface area contributed by atoms with E-state index in [0.29, 0.717) is 33.5 Å². The molecule has 0 aliphatic carbocycles. The van der Waals surface area contributed by atoms with Crippen LogP contribution >= 0.6 is 0 Å². The van der Waals surface area contributed by atoms with Crippen molar-refractivity contribution in [1.82, 2.24) is 14.5 Å². The summed E-state index contributed by atoms with van der Waals surface area (Å²) in [4.78, 5) is 12.2. The highest BCUT2D eigenvalue weighted by Crippen LogP contribution is 2.34. The van der Waals surface area contributed by atoms with Crippen molar-refractivity contribution in [3.05, 3.63) is 52.1 Å². The van der Waals surface area contributed by atoms with Crippen molar-refractivity contribution in [1.29, 1.82) is 0 Å². The van der Waals surface area contributed by atoms with Gasteiger partial charge in [-0.25, -0.2) is 14.6 Å². The first-order valence-electron chi connectivity index (χ1n) is 8.33. The molecular formula is C18H19FN4O5S. The molecule has 0 atom stereocenters. The zero-order valence-corrected chi connectivity index (χ0v) is 16.7. The number of nitrogens with one attached hydrogen (secondary N) is 1. The minimum absolute atomic E-state index is 0.137. The largest absolute Gasteiger partial charge is 0.493 e. The van der Waals surface area contributed by atoms with Crippen LogP contribution in [-0.4, -0.2) is 44.2 Å². The number of benzene rings is 2. The monoisotopic (exact) mass is 422 g/mol. The first-order valence-corrected chi connectivity index (χ1v) is 9.83. The lowest BCUT2D eigenvalue weighted by Crippen LogP contribution is -2.32. The SMILES string of the molecule is COc1cc2c(-c3ccc(CN(C)S(N)(=O)=O)c(F)c3)n[nH]c(=O)c2cc1OC. The van der Waals surface area contributed by atoms with Crippen molar-refractivity contribution in [2.24, 2.45) is 5.14 Å². The predicted molar refractivity (Wildman–Crippen MR) is 105 cm³/mol.